The number of nitrogens with zero attached hydrogens (tertiary/aromatic N) is 1. The van der Waals surface area contributed by atoms with E-state index in [1.807, 2.05) is 0 Å². The molecule has 0 amide bonds. The molecule has 0 fully saturated rings. The lowest BCUT2D eigenvalue weighted by atomic mass is 9.75. The first-order valence-electron chi connectivity index (χ1n) is 9.19. The van der Waals surface area contributed by atoms with Crippen LogP contribution in [0.25, 0.3) is 10.9 Å². The number of hydrogen-bond donors (Lipinski definition) is 0. The lowest BCUT2D eigenvalue weighted by Crippen LogP contribution is -2.22. The minimum absolute atomic E-state index is 0.306. The van der Waals surface area contributed by atoms with Gasteiger partial charge in [0.05, 0.1) is 5.41 Å². The van der Waals surface area contributed by atoms with Crippen molar-refractivity contribution in [2.45, 2.75) is 45.4 Å². The van der Waals surface area contributed by atoms with Gasteiger partial charge in [0.1, 0.15) is 0 Å². The molecule has 0 saturated heterocycles. The van der Waals surface area contributed by atoms with E-state index in [0.29, 0.717) is 0 Å². The van der Waals surface area contributed by atoms with Gasteiger partial charge in [-0.25, -0.2) is 0 Å². The van der Waals surface area contributed by atoms with Gasteiger partial charge in [0, 0.05) is 35.6 Å². The molecule has 0 saturated carbocycles. The zero-order valence-electron chi connectivity index (χ0n) is 15.8. The van der Waals surface area contributed by atoms with Crippen molar-refractivity contribution in [1.82, 2.24) is 4.57 Å². The standard InChI is InChI=1S/C24H27N/c1-5-6-7-13-18-24(3,20-14-9-8-10-15-20)23-19(2)25(4)22-17-12-11-16-21(22)23/h8-12,14-17H,5-7H2,1-4H3. The Balaban J connectivity index is 2.26. The van der Waals surface area contributed by atoms with Crippen molar-refractivity contribution in [2.24, 2.45) is 7.05 Å². The third kappa shape index (κ3) is 3.10. The molecule has 1 heteroatoms. The summed E-state index contributed by atoms with van der Waals surface area (Å²) < 4.78 is 2.29. The van der Waals surface area contributed by atoms with Gasteiger partial charge in [0.25, 0.3) is 0 Å². The van der Waals surface area contributed by atoms with Crippen LogP contribution in [-0.2, 0) is 12.5 Å². The maximum absolute atomic E-state index is 3.65. The van der Waals surface area contributed by atoms with E-state index < -0.39 is 0 Å². The van der Waals surface area contributed by atoms with Crippen molar-refractivity contribution < 1.29 is 0 Å². The molecular formula is C24H27N. The van der Waals surface area contributed by atoms with E-state index in [-0.39, 0.29) is 5.41 Å². The number of aryl methyl sites for hydroxylation is 1. The summed E-state index contributed by atoms with van der Waals surface area (Å²) in [5, 5.41) is 1.30. The highest BCUT2D eigenvalue weighted by atomic mass is 14.9. The molecule has 128 valence electrons. The van der Waals surface area contributed by atoms with Crippen LogP contribution in [-0.4, -0.2) is 4.57 Å². The summed E-state index contributed by atoms with van der Waals surface area (Å²) in [6, 6.07) is 19.4. The summed E-state index contributed by atoms with van der Waals surface area (Å²) >= 11 is 0. The van der Waals surface area contributed by atoms with Crippen LogP contribution >= 0.6 is 0 Å². The molecule has 3 rings (SSSR count). The molecule has 0 N–H and O–H groups in total. The zero-order chi connectivity index (χ0) is 17.9. The first kappa shape index (κ1) is 17.4. The number of hydrogen-bond acceptors (Lipinski definition) is 0. The maximum atomic E-state index is 3.65. The largest absolute Gasteiger partial charge is 0.348 e. The smallest absolute Gasteiger partial charge is 0.0807 e. The number of unbranched alkanes of at least 4 members (excludes halogenated alkanes) is 2. The molecule has 1 atom stereocenters. The highest BCUT2D eigenvalue weighted by Gasteiger charge is 2.32. The van der Waals surface area contributed by atoms with E-state index >= 15 is 0 Å². The van der Waals surface area contributed by atoms with Gasteiger partial charge in [-0.15, -0.1) is 5.92 Å². The lowest BCUT2D eigenvalue weighted by Gasteiger charge is -2.26. The van der Waals surface area contributed by atoms with Crippen LogP contribution < -0.4 is 0 Å². The van der Waals surface area contributed by atoms with Crippen molar-refractivity contribution in [3.8, 4) is 11.8 Å². The Morgan fingerprint density at radius 1 is 1.00 bits per heavy atom. The second kappa shape index (κ2) is 7.19. The van der Waals surface area contributed by atoms with Crippen LogP contribution in [0.3, 0.4) is 0 Å². The summed E-state index contributed by atoms with van der Waals surface area (Å²) in [7, 11) is 2.15. The predicted octanol–water partition coefficient (Wildman–Crippen LogP) is 5.99. The fourth-order valence-corrected chi connectivity index (χ4v) is 3.71. The second-order valence-corrected chi connectivity index (χ2v) is 6.93. The van der Waals surface area contributed by atoms with E-state index in [2.05, 4.69) is 98.8 Å². The average Bonchev–Trinajstić information content (AvgIpc) is 2.91. The molecular weight excluding hydrogens is 302 g/mol. The Bertz CT molecular complexity index is 921. The van der Waals surface area contributed by atoms with Crippen LogP contribution in [0.5, 0.6) is 0 Å². The quantitative estimate of drug-likeness (QED) is 0.409. The van der Waals surface area contributed by atoms with Crippen molar-refractivity contribution in [3.05, 3.63) is 71.4 Å². The number of fused-ring (bicyclic) bond motifs is 1. The maximum Gasteiger partial charge on any atom is 0.0807 e. The van der Waals surface area contributed by atoms with Crippen molar-refractivity contribution in [1.29, 1.82) is 0 Å². The van der Waals surface area contributed by atoms with E-state index in [9.17, 15) is 0 Å². The van der Waals surface area contributed by atoms with Gasteiger partial charge in [-0.05, 0) is 31.9 Å². The summed E-state index contributed by atoms with van der Waals surface area (Å²) in [4.78, 5) is 0. The van der Waals surface area contributed by atoms with Gasteiger partial charge in [-0.3, -0.25) is 0 Å². The van der Waals surface area contributed by atoms with Crippen LogP contribution in [0.4, 0.5) is 0 Å². The molecule has 1 aromatic heterocycles. The Morgan fingerprint density at radius 3 is 2.40 bits per heavy atom. The first-order chi connectivity index (χ1) is 12.1. The minimum atomic E-state index is -0.306. The Hall–Kier alpha value is -2.46. The molecule has 3 aromatic rings. The SMILES string of the molecule is CCCCC#CC(C)(c1ccccc1)c1c(C)n(C)c2ccccc12. The fourth-order valence-electron chi connectivity index (χ4n) is 3.71. The molecule has 25 heavy (non-hydrogen) atoms. The molecule has 1 heterocycles. The first-order valence-corrected chi connectivity index (χ1v) is 9.19. The van der Waals surface area contributed by atoms with Gasteiger partial charge in [0.15, 0.2) is 0 Å². The van der Waals surface area contributed by atoms with Crippen molar-refractivity contribution in [2.75, 3.05) is 0 Å². The highest BCUT2D eigenvalue weighted by molar-refractivity contribution is 5.88. The Kier molecular flexibility index (Phi) is 5.00. The van der Waals surface area contributed by atoms with E-state index in [1.165, 1.54) is 34.1 Å². The molecule has 0 radical (unpaired) electrons. The van der Waals surface area contributed by atoms with E-state index in [4.69, 9.17) is 0 Å². The molecule has 0 spiro atoms. The monoisotopic (exact) mass is 329 g/mol. The van der Waals surface area contributed by atoms with Gasteiger partial charge in [-0.1, -0.05) is 67.8 Å². The van der Waals surface area contributed by atoms with Crippen molar-refractivity contribution >= 4 is 10.9 Å². The fraction of sp³-hybridized carbons (Fsp3) is 0.333. The Morgan fingerprint density at radius 2 is 1.68 bits per heavy atom. The molecule has 1 unspecified atom stereocenters. The third-order valence-electron chi connectivity index (χ3n) is 5.24. The Labute approximate surface area is 151 Å². The zero-order valence-corrected chi connectivity index (χ0v) is 15.8. The number of benzene rings is 2. The minimum Gasteiger partial charge on any atom is -0.348 e. The van der Waals surface area contributed by atoms with Crippen molar-refractivity contribution in [3.63, 3.8) is 0 Å². The summed E-state index contributed by atoms with van der Waals surface area (Å²) in [6.45, 7) is 6.70. The van der Waals surface area contributed by atoms with Crippen LogP contribution in [0, 0.1) is 18.8 Å². The summed E-state index contributed by atoms with van der Waals surface area (Å²) in [5.41, 5.74) is 4.85. The second-order valence-electron chi connectivity index (χ2n) is 6.93. The van der Waals surface area contributed by atoms with Gasteiger partial charge in [-0.2, -0.15) is 0 Å². The third-order valence-corrected chi connectivity index (χ3v) is 5.24. The molecule has 0 aliphatic carbocycles. The number of aromatic nitrogens is 1. The van der Waals surface area contributed by atoms with Gasteiger partial charge in [0.2, 0.25) is 0 Å². The predicted molar refractivity (Wildman–Crippen MR) is 108 cm³/mol. The molecule has 0 aliphatic heterocycles. The van der Waals surface area contributed by atoms with E-state index in [0.717, 1.165) is 12.8 Å². The van der Waals surface area contributed by atoms with Crippen LogP contribution in [0.1, 0.15) is 49.9 Å². The summed E-state index contributed by atoms with van der Waals surface area (Å²) in [5.74, 6) is 7.11. The molecule has 0 bridgehead atoms. The average molecular weight is 329 g/mol. The normalized spacial score (nSPS) is 13.3. The number of para-hydroxylation sites is 1. The van der Waals surface area contributed by atoms with Crippen LogP contribution in [0.2, 0.25) is 0 Å². The van der Waals surface area contributed by atoms with Gasteiger partial charge < -0.3 is 4.57 Å². The molecule has 2 aromatic carbocycles. The lowest BCUT2D eigenvalue weighted by molar-refractivity contribution is 0.737. The molecule has 0 aliphatic rings. The van der Waals surface area contributed by atoms with Crippen LogP contribution in [0.15, 0.2) is 54.6 Å². The number of rotatable bonds is 4. The van der Waals surface area contributed by atoms with Gasteiger partial charge >= 0.3 is 0 Å². The molecule has 1 nitrogen and oxygen atoms in total. The summed E-state index contributed by atoms with van der Waals surface area (Å²) in [6.07, 6.45) is 3.30. The topological polar surface area (TPSA) is 4.93 Å². The van der Waals surface area contributed by atoms with E-state index in [1.54, 1.807) is 0 Å². The highest BCUT2D eigenvalue weighted by Crippen LogP contribution is 2.39.